The number of nitrogens with zero attached hydrogens (tertiary/aromatic N) is 3. The molecule has 5 rings (SSSR count). The van der Waals surface area contributed by atoms with Crippen molar-refractivity contribution < 1.29 is 9.53 Å². The van der Waals surface area contributed by atoms with Crippen LogP contribution in [0.25, 0.3) is 0 Å². The Morgan fingerprint density at radius 3 is 2.69 bits per heavy atom. The van der Waals surface area contributed by atoms with E-state index in [0.29, 0.717) is 22.5 Å². The number of ether oxygens (including phenoxy) is 1. The molecule has 1 atom stereocenters. The minimum absolute atomic E-state index is 0.103. The molecule has 0 N–H and O–H groups in total. The summed E-state index contributed by atoms with van der Waals surface area (Å²) >= 11 is 1.44. The Kier molecular flexibility index (Phi) is 5.04. The van der Waals surface area contributed by atoms with Crippen molar-refractivity contribution in [3.05, 3.63) is 76.8 Å². The molecule has 5 nitrogen and oxygen atoms in total. The van der Waals surface area contributed by atoms with Crippen LogP contribution < -0.4 is 4.74 Å². The van der Waals surface area contributed by atoms with Crippen LogP contribution in [0.15, 0.2) is 60.1 Å². The zero-order valence-corrected chi connectivity index (χ0v) is 17.0. The Hall–Kier alpha value is -2.70. The SMILES string of the molecule is O=C(c1ccc(Oc2nccs2)cc1)N1CCC(N2CCc3ccccc3C2)C1. The Bertz CT molecular complexity index is 988. The summed E-state index contributed by atoms with van der Waals surface area (Å²) in [5.74, 6) is 0.800. The van der Waals surface area contributed by atoms with Gasteiger partial charge in [-0.3, -0.25) is 9.69 Å². The summed E-state index contributed by atoms with van der Waals surface area (Å²) in [6.07, 6.45) is 3.85. The van der Waals surface area contributed by atoms with Crippen molar-refractivity contribution in [1.29, 1.82) is 0 Å². The van der Waals surface area contributed by atoms with E-state index in [1.165, 1.54) is 22.5 Å². The van der Waals surface area contributed by atoms with Crippen LogP contribution in [0, 0.1) is 0 Å². The fraction of sp³-hybridized carbons (Fsp3) is 0.304. The summed E-state index contributed by atoms with van der Waals surface area (Å²) in [5.41, 5.74) is 3.61. The highest BCUT2D eigenvalue weighted by molar-refractivity contribution is 7.11. The quantitative estimate of drug-likeness (QED) is 0.652. The molecule has 1 fully saturated rings. The second kappa shape index (κ2) is 7.97. The van der Waals surface area contributed by atoms with Crippen LogP contribution in [-0.2, 0) is 13.0 Å². The maximum absolute atomic E-state index is 13.0. The number of rotatable bonds is 4. The molecule has 3 aromatic rings. The van der Waals surface area contributed by atoms with Gasteiger partial charge in [0.2, 0.25) is 0 Å². The van der Waals surface area contributed by atoms with Crippen LogP contribution in [0.2, 0.25) is 0 Å². The molecule has 0 radical (unpaired) electrons. The molecule has 2 aliphatic heterocycles. The number of benzene rings is 2. The van der Waals surface area contributed by atoms with Gasteiger partial charge in [0.25, 0.3) is 11.1 Å². The summed E-state index contributed by atoms with van der Waals surface area (Å²) in [6.45, 7) is 3.69. The predicted octanol–water partition coefficient (Wildman–Crippen LogP) is 4.21. The van der Waals surface area contributed by atoms with E-state index in [-0.39, 0.29) is 5.91 Å². The highest BCUT2D eigenvalue weighted by Crippen LogP contribution is 2.27. The zero-order valence-electron chi connectivity index (χ0n) is 16.2. The maximum atomic E-state index is 13.0. The lowest BCUT2D eigenvalue weighted by atomic mass is 9.98. The fourth-order valence-electron chi connectivity index (χ4n) is 4.26. The highest BCUT2D eigenvalue weighted by Gasteiger charge is 2.32. The van der Waals surface area contributed by atoms with Crippen LogP contribution in [0.4, 0.5) is 0 Å². The van der Waals surface area contributed by atoms with E-state index in [1.807, 2.05) is 34.5 Å². The van der Waals surface area contributed by atoms with Crippen molar-refractivity contribution in [1.82, 2.24) is 14.8 Å². The van der Waals surface area contributed by atoms with Gasteiger partial charge in [0.05, 0.1) is 0 Å². The molecular weight excluding hydrogens is 382 g/mol. The highest BCUT2D eigenvalue weighted by atomic mass is 32.1. The van der Waals surface area contributed by atoms with Crippen molar-refractivity contribution in [3.8, 4) is 10.9 Å². The first-order valence-electron chi connectivity index (χ1n) is 10.0. The van der Waals surface area contributed by atoms with Crippen molar-refractivity contribution >= 4 is 17.2 Å². The summed E-state index contributed by atoms with van der Waals surface area (Å²) in [4.78, 5) is 21.6. The van der Waals surface area contributed by atoms with E-state index in [4.69, 9.17) is 4.74 Å². The second-order valence-corrected chi connectivity index (χ2v) is 8.46. The first-order chi connectivity index (χ1) is 14.3. The molecule has 29 heavy (non-hydrogen) atoms. The molecule has 1 aromatic heterocycles. The number of carbonyl (C=O) groups is 1. The normalized spacial score (nSPS) is 19.2. The molecule has 0 saturated carbocycles. The smallest absolute Gasteiger partial charge is 0.278 e. The van der Waals surface area contributed by atoms with Crippen LogP contribution in [-0.4, -0.2) is 46.4 Å². The minimum Gasteiger partial charge on any atom is -0.431 e. The van der Waals surface area contributed by atoms with Crippen LogP contribution in [0.5, 0.6) is 10.9 Å². The first-order valence-corrected chi connectivity index (χ1v) is 10.9. The van der Waals surface area contributed by atoms with Gasteiger partial charge in [-0.1, -0.05) is 35.6 Å². The van der Waals surface area contributed by atoms with Crippen molar-refractivity contribution in [2.45, 2.75) is 25.4 Å². The zero-order chi connectivity index (χ0) is 19.6. The average Bonchev–Trinajstić information content (AvgIpc) is 3.46. The number of aromatic nitrogens is 1. The standard InChI is InChI=1S/C23H23N3O2S/c27-22(18-5-7-21(8-6-18)28-23-24-11-14-29-23)26-13-10-20(16-26)25-12-9-17-3-1-2-4-19(17)15-25/h1-8,11,14,20H,9-10,12-13,15-16H2. The number of hydrogen-bond donors (Lipinski definition) is 0. The second-order valence-electron chi connectivity index (χ2n) is 7.61. The fourth-order valence-corrected chi connectivity index (χ4v) is 4.77. The minimum atomic E-state index is 0.103. The molecule has 0 aliphatic carbocycles. The molecule has 1 amide bonds. The Labute approximate surface area is 174 Å². The molecule has 1 saturated heterocycles. The number of carbonyl (C=O) groups excluding carboxylic acids is 1. The van der Waals surface area contributed by atoms with Crippen LogP contribution >= 0.6 is 11.3 Å². The molecule has 3 heterocycles. The van der Waals surface area contributed by atoms with Crippen molar-refractivity contribution in [2.75, 3.05) is 19.6 Å². The lowest BCUT2D eigenvalue weighted by Gasteiger charge is -2.33. The molecule has 148 valence electrons. The Morgan fingerprint density at radius 2 is 1.90 bits per heavy atom. The third-order valence-corrected chi connectivity index (χ3v) is 6.49. The number of fused-ring (bicyclic) bond motifs is 1. The van der Waals surface area contributed by atoms with E-state index in [9.17, 15) is 4.79 Å². The average molecular weight is 406 g/mol. The van der Waals surface area contributed by atoms with Gasteiger partial charge < -0.3 is 9.64 Å². The van der Waals surface area contributed by atoms with Crippen LogP contribution in [0.3, 0.4) is 0 Å². The van der Waals surface area contributed by atoms with E-state index in [1.54, 1.807) is 6.20 Å². The molecule has 1 unspecified atom stereocenters. The first kappa shape index (κ1) is 18.3. The summed E-state index contributed by atoms with van der Waals surface area (Å²) < 4.78 is 5.68. The van der Waals surface area contributed by atoms with Gasteiger partial charge in [-0.2, -0.15) is 0 Å². The van der Waals surface area contributed by atoms with Gasteiger partial charge in [-0.15, -0.1) is 0 Å². The predicted molar refractivity (Wildman–Crippen MR) is 113 cm³/mol. The molecule has 0 bridgehead atoms. The van der Waals surface area contributed by atoms with Gasteiger partial charge in [0.15, 0.2) is 0 Å². The third kappa shape index (κ3) is 3.91. The Morgan fingerprint density at radius 1 is 1.07 bits per heavy atom. The number of likely N-dealkylation sites (tertiary alicyclic amines) is 1. The maximum Gasteiger partial charge on any atom is 0.278 e. The summed E-state index contributed by atoms with van der Waals surface area (Å²) in [6, 6.07) is 16.5. The molecule has 2 aromatic carbocycles. The Balaban J connectivity index is 1.20. The molecule has 6 heteroatoms. The lowest BCUT2D eigenvalue weighted by molar-refractivity contribution is 0.0773. The third-order valence-electron chi connectivity index (χ3n) is 5.84. The number of hydrogen-bond acceptors (Lipinski definition) is 5. The topological polar surface area (TPSA) is 45.7 Å². The van der Waals surface area contributed by atoms with Gasteiger partial charge in [0, 0.05) is 49.4 Å². The van der Waals surface area contributed by atoms with Gasteiger partial charge in [0.1, 0.15) is 5.75 Å². The molecule has 2 aliphatic rings. The summed E-state index contributed by atoms with van der Waals surface area (Å²) in [7, 11) is 0. The lowest BCUT2D eigenvalue weighted by Crippen LogP contribution is -2.41. The van der Waals surface area contributed by atoms with Crippen molar-refractivity contribution in [2.24, 2.45) is 0 Å². The number of thiazole rings is 1. The van der Waals surface area contributed by atoms with E-state index >= 15 is 0 Å². The monoisotopic (exact) mass is 405 g/mol. The van der Waals surface area contributed by atoms with Gasteiger partial charge in [-0.25, -0.2) is 4.98 Å². The number of amides is 1. The molecule has 0 spiro atoms. The van der Waals surface area contributed by atoms with Gasteiger partial charge >= 0.3 is 0 Å². The van der Waals surface area contributed by atoms with Crippen LogP contribution in [0.1, 0.15) is 27.9 Å². The van der Waals surface area contributed by atoms with Gasteiger partial charge in [-0.05, 0) is 48.2 Å². The van der Waals surface area contributed by atoms with E-state index in [2.05, 4.69) is 34.1 Å². The largest absolute Gasteiger partial charge is 0.431 e. The summed E-state index contributed by atoms with van der Waals surface area (Å²) in [5, 5.41) is 2.48. The van der Waals surface area contributed by atoms with E-state index in [0.717, 1.165) is 39.0 Å². The molecular formula is C23H23N3O2S. The van der Waals surface area contributed by atoms with Crippen molar-refractivity contribution in [3.63, 3.8) is 0 Å². The van der Waals surface area contributed by atoms with E-state index < -0.39 is 0 Å².